The van der Waals surface area contributed by atoms with Gasteiger partial charge in [0.2, 0.25) is 11.8 Å². The van der Waals surface area contributed by atoms with Gasteiger partial charge >= 0.3 is 5.97 Å². The molecule has 8 heterocycles. The van der Waals surface area contributed by atoms with Crippen molar-refractivity contribution < 1.29 is 33.1 Å². The smallest absolute Gasteiger partial charge is 0.338 e. The Labute approximate surface area is 452 Å². The number of nitrogens with two attached hydrogens (primary N) is 2. The molecular formula is C54H54Cl2N14O7. The summed E-state index contributed by atoms with van der Waals surface area (Å²) in [6.07, 6.45) is 14.8. The fourth-order valence-electron chi connectivity index (χ4n) is 7.74. The van der Waals surface area contributed by atoms with Crippen LogP contribution in [0.25, 0.3) is 56.9 Å². The van der Waals surface area contributed by atoms with Gasteiger partial charge in [0.05, 0.1) is 34.3 Å². The van der Waals surface area contributed by atoms with Gasteiger partial charge in [-0.15, -0.1) is 0 Å². The molecule has 2 fully saturated rings. The number of nitrogen functional groups attached to an aromatic ring is 2. The van der Waals surface area contributed by atoms with E-state index in [1.807, 2.05) is 24.1 Å². The number of halogens is 2. The first-order chi connectivity index (χ1) is 37.1. The average molecular weight is 1080 g/mol. The third kappa shape index (κ3) is 15.3. The zero-order valence-electron chi connectivity index (χ0n) is 42.0. The van der Waals surface area contributed by atoms with Crippen LogP contribution in [0.5, 0.6) is 0 Å². The SMILES string of the molecule is CN1CCN(C(=O)c2cnc(-c3cc(Cl)c4oc(CNC(=O)/C=C/c5ccc(N)nc5)cc4c3)nc2)CC1.CN1CCNCC1.Nc1ccc(/C=C/C(=O)NCc2cc3cc(-c4ncc(C(=O)O)cn4)cc(Cl)c3o2)cn1. The van der Waals surface area contributed by atoms with Crippen LogP contribution in [0, 0.1) is 0 Å². The van der Waals surface area contributed by atoms with E-state index in [0.29, 0.717) is 91.2 Å². The summed E-state index contributed by atoms with van der Waals surface area (Å²) in [5, 5.41) is 20.0. The number of carbonyl (C=O) groups excluding carboxylic acids is 3. The van der Waals surface area contributed by atoms with Gasteiger partial charge in [-0.2, -0.15) is 0 Å². The van der Waals surface area contributed by atoms with Gasteiger partial charge in [-0.3, -0.25) is 14.4 Å². The molecule has 0 atom stereocenters. The lowest BCUT2D eigenvalue weighted by atomic mass is 10.1. The molecule has 0 radical (unpaired) electrons. The van der Waals surface area contributed by atoms with Gasteiger partial charge in [0, 0.05) is 124 Å². The Bertz CT molecular complexity index is 3410. The number of likely N-dealkylation sites (N-methyl/N-ethyl adjacent to an activating group) is 2. The van der Waals surface area contributed by atoms with Crippen molar-refractivity contribution in [3.05, 3.63) is 154 Å². The second-order valence-corrected chi connectivity index (χ2v) is 18.7. The van der Waals surface area contributed by atoms with Crippen molar-refractivity contribution >= 4 is 92.6 Å². The number of aromatic carboxylic acids is 1. The summed E-state index contributed by atoms with van der Waals surface area (Å²) in [7, 11) is 4.20. The molecule has 2 aliphatic rings. The van der Waals surface area contributed by atoms with Gasteiger partial charge in [0.1, 0.15) is 23.2 Å². The van der Waals surface area contributed by atoms with E-state index in [1.165, 1.54) is 37.6 Å². The lowest BCUT2D eigenvalue weighted by molar-refractivity contribution is -0.117. The van der Waals surface area contributed by atoms with Crippen LogP contribution >= 0.6 is 23.2 Å². The number of hydrogen-bond donors (Lipinski definition) is 6. The van der Waals surface area contributed by atoms with E-state index in [4.69, 9.17) is 48.6 Å². The lowest BCUT2D eigenvalue weighted by Gasteiger charge is -2.32. The van der Waals surface area contributed by atoms with Gasteiger partial charge < -0.3 is 56.1 Å². The van der Waals surface area contributed by atoms with Crippen molar-refractivity contribution in [2.24, 2.45) is 0 Å². The van der Waals surface area contributed by atoms with E-state index < -0.39 is 5.97 Å². The Kier molecular flexibility index (Phi) is 18.3. The molecule has 8 aromatic rings. The van der Waals surface area contributed by atoms with Crippen molar-refractivity contribution in [1.29, 1.82) is 0 Å². The fraction of sp³-hybridized carbons (Fsp3) is 0.222. The molecule has 8 N–H and O–H groups in total. The number of benzene rings is 2. The molecule has 23 heteroatoms. The van der Waals surface area contributed by atoms with Gasteiger partial charge in [0.25, 0.3) is 5.91 Å². The third-order valence-electron chi connectivity index (χ3n) is 12.0. The Morgan fingerprint density at radius 2 is 1.05 bits per heavy atom. The third-order valence-corrected chi connectivity index (χ3v) is 12.6. The standard InChI is InChI=1S/C27H26ClN7O3.C22H16ClN5O4.C5H12N2/c1-34-6-8-35(9-7-34)27(37)20-14-32-26(33-15-20)19-10-18-11-21(38-25(18)22(28)12-19)16-31-24(36)5-3-17-2-4-23(29)30-13-17;23-17-7-14(21-27-9-15(10-28-21)22(30)31)5-13-6-16(32-20(13)17)11-26-19(29)4-2-12-1-3-18(24)25-8-12;1-7-4-2-6-3-5-7/h2-5,10-15H,6-9,16H2,1H3,(H2,29,30)(H,31,36);1-10H,11H2,(H2,24,25)(H,26,29)(H,30,31);6H,2-5H2,1H3/b5-3+;4-2+;. The summed E-state index contributed by atoms with van der Waals surface area (Å²) < 4.78 is 11.6. The van der Waals surface area contributed by atoms with Crippen LogP contribution in [0.1, 0.15) is 43.4 Å². The number of carbonyl (C=O) groups is 4. The molecular weight excluding hydrogens is 1030 g/mol. The Balaban J connectivity index is 0.000000182. The fourth-order valence-corrected chi connectivity index (χ4v) is 8.27. The quantitative estimate of drug-likeness (QED) is 0.0731. The number of nitrogens with one attached hydrogen (secondary N) is 3. The Hall–Kier alpha value is -8.60. The zero-order chi connectivity index (χ0) is 54.4. The van der Waals surface area contributed by atoms with Crippen LogP contribution < -0.4 is 27.4 Å². The number of anilines is 2. The number of rotatable bonds is 12. The first-order valence-electron chi connectivity index (χ1n) is 24.2. The zero-order valence-corrected chi connectivity index (χ0v) is 43.5. The molecule has 6 aromatic heterocycles. The summed E-state index contributed by atoms with van der Waals surface area (Å²) >= 11 is 12.8. The highest BCUT2D eigenvalue weighted by Gasteiger charge is 2.22. The molecule has 0 unspecified atom stereocenters. The first kappa shape index (κ1) is 54.7. The molecule has 10 rings (SSSR count). The van der Waals surface area contributed by atoms with Crippen molar-refractivity contribution in [1.82, 2.24) is 60.6 Å². The van der Waals surface area contributed by atoms with Crippen LogP contribution in [0.15, 0.2) is 119 Å². The van der Waals surface area contributed by atoms with Crippen LogP contribution in [0.3, 0.4) is 0 Å². The maximum Gasteiger partial charge on any atom is 0.338 e. The summed E-state index contributed by atoms with van der Waals surface area (Å²) in [5.74, 6) is 0.890. The molecule has 3 amide bonds. The number of piperazine rings is 2. The average Bonchev–Trinajstić information content (AvgIpc) is 4.09. The van der Waals surface area contributed by atoms with Crippen LogP contribution in [-0.2, 0) is 22.7 Å². The topological polar surface area (TPSA) is 290 Å². The molecule has 0 saturated carbocycles. The summed E-state index contributed by atoms with van der Waals surface area (Å²) in [4.78, 5) is 79.3. The minimum Gasteiger partial charge on any atom is -0.478 e. The second kappa shape index (κ2) is 25.8. The maximum atomic E-state index is 12.8. The number of hydrogen-bond acceptors (Lipinski definition) is 17. The highest BCUT2D eigenvalue weighted by Crippen LogP contribution is 2.33. The van der Waals surface area contributed by atoms with Gasteiger partial charge in [0.15, 0.2) is 22.8 Å². The van der Waals surface area contributed by atoms with E-state index in [0.717, 1.165) is 42.7 Å². The highest BCUT2D eigenvalue weighted by atomic mass is 35.5. The number of furan rings is 2. The number of carboxylic acids is 1. The van der Waals surface area contributed by atoms with Crippen molar-refractivity contribution in [2.45, 2.75) is 13.1 Å². The monoisotopic (exact) mass is 1080 g/mol. The highest BCUT2D eigenvalue weighted by molar-refractivity contribution is 6.35. The Morgan fingerprint density at radius 1 is 0.610 bits per heavy atom. The van der Waals surface area contributed by atoms with Crippen LogP contribution in [0.2, 0.25) is 10.0 Å². The number of carboxylic acid groups (broad SMARTS) is 1. The predicted octanol–water partition coefficient (Wildman–Crippen LogP) is 6.31. The van der Waals surface area contributed by atoms with Crippen LogP contribution in [0.4, 0.5) is 11.6 Å². The molecule has 0 bridgehead atoms. The molecule has 21 nitrogen and oxygen atoms in total. The minimum absolute atomic E-state index is 0.0102. The molecule has 2 saturated heterocycles. The van der Waals surface area contributed by atoms with Gasteiger partial charge in [-0.1, -0.05) is 23.2 Å². The van der Waals surface area contributed by atoms with E-state index in [-0.39, 0.29) is 36.4 Å². The van der Waals surface area contributed by atoms with Gasteiger partial charge in [-0.25, -0.2) is 34.7 Å². The Morgan fingerprint density at radius 3 is 1.45 bits per heavy atom. The maximum absolute atomic E-state index is 12.8. The molecule has 2 aromatic carbocycles. The summed E-state index contributed by atoms with van der Waals surface area (Å²) in [6, 6.07) is 17.4. The predicted molar refractivity (Wildman–Crippen MR) is 294 cm³/mol. The number of amides is 3. The minimum atomic E-state index is -1.11. The molecule has 77 heavy (non-hydrogen) atoms. The van der Waals surface area contributed by atoms with Gasteiger partial charge in [-0.05, 0) is 98.0 Å². The molecule has 2 aliphatic heterocycles. The first-order valence-corrected chi connectivity index (χ1v) is 24.9. The number of pyridine rings is 2. The van der Waals surface area contributed by atoms with E-state index >= 15 is 0 Å². The largest absolute Gasteiger partial charge is 0.478 e. The number of fused-ring (bicyclic) bond motifs is 2. The molecule has 0 spiro atoms. The van der Waals surface area contributed by atoms with Crippen molar-refractivity contribution in [3.8, 4) is 22.8 Å². The van der Waals surface area contributed by atoms with Crippen molar-refractivity contribution in [3.63, 3.8) is 0 Å². The number of nitrogens with zero attached hydrogens (tertiary/aromatic N) is 9. The normalized spacial score (nSPS) is 14.0. The number of aromatic nitrogens is 6. The van der Waals surface area contributed by atoms with Crippen LogP contribution in [-0.4, -0.2) is 140 Å². The summed E-state index contributed by atoms with van der Waals surface area (Å²) in [6.45, 7) is 8.14. The van der Waals surface area contributed by atoms with Crippen molar-refractivity contribution in [2.75, 3.05) is 77.9 Å². The molecule has 0 aliphatic carbocycles. The summed E-state index contributed by atoms with van der Waals surface area (Å²) in [5.41, 5.74) is 15.3. The van der Waals surface area contributed by atoms with E-state index in [2.05, 4.69) is 62.7 Å². The molecule has 396 valence electrons. The second-order valence-electron chi connectivity index (χ2n) is 17.9. The van der Waals surface area contributed by atoms with E-state index in [9.17, 15) is 19.2 Å². The van der Waals surface area contributed by atoms with E-state index in [1.54, 1.807) is 85.5 Å². The lowest BCUT2D eigenvalue weighted by Crippen LogP contribution is -2.47.